The number of carbonyl (C=O) groups excluding carboxylic acids is 2. The first kappa shape index (κ1) is 18.9. The van der Waals surface area contributed by atoms with Gasteiger partial charge in [0, 0.05) is 6.54 Å². The lowest BCUT2D eigenvalue weighted by Gasteiger charge is -2.10. The fourth-order valence-electron chi connectivity index (χ4n) is 1.93. The lowest BCUT2D eigenvalue weighted by Crippen LogP contribution is -2.28. The summed E-state index contributed by atoms with van der Waals surface area (Å²) in [6, 6.07) is 11.0. The van der Waals surface area contributed by atoms with E-state index in [9.17, 15) is 9.59 Å². The Morgan fingerprint density at radius 2 is 1.64 bits per heavy atom. The first-order valence-electron chi connectivity index (χ1n) is 7.33. The number of hydrogen-bond donors (Lipinski definition) is 2. The number of ether oxygens (including phenoxy) is 2. The van der Waals surface area contributed by atoms with Gasteiger partial charge in [-0.2, -0.15) is 0 Å². The number of benzene rings is 2. The SMILES string of the molecule is NC(=O)NCc1ccc(C(=O)OCCOc2c(Cl)cccc2Cl)cc1. The van der Waals surface area contributed by atoms with Gasteiger partial charge in [-0.15, -0.1) is 0 Å². The number of nitrogens with two attached hydrogens (primary N) is 1. The highest BCUT2D eigenvalue weighted by molar-refractivity contribution is 6.37. The van der Waals surface area contributed by atoms with Crippen molar-refractivity contribution in [2.45, 2.75) is 6.54 Å². The maximum atomic E-state index is 11.9. The topological polar surface area (TPSA) is 90.7 Å². The van der Waals surface area contributed by atoms with Gasteiger partial charge in [-0.05, 0) is 29.8 Å². The standard InChI is InChI=1S/C17H16Cl2N2O4/c18-13-2-1-3-14(19)15(13)24-8-9-25-16(22)12-6-4-11(5-7-12)10-21-17(20)23/h1-7H,8-10H2,(H3,20,21,23). The van der Waals surface area contributed by atoms with Crippen LogP contribution in [0.25, 0.3) is 0 Å². The van der Waals surface area contributed by atoms with Gasteiger partial charge in [0.05, 0.1) is 15.6 Å². The van der Waals surface area contributed by atoms with Crippen LogP contribution in [0.2, 0.25) is 10.0 Å². The molecular weight excluding hydrogens is 367 g/mol. The van der Waals surface area contributed by atoms with Crippen molar-refractivity contribution in [3.63, 3.8) is 0 Å². The van der Waals surface area contributed by atoms with Crippen LogP contribution in [0.15, 0.2) is 42.5 Å². The van der Waals surface area contributed by atoms with E-state index in [1.165, 1.54) is 0 Å². The number of para-hydroxylation sites is 1. The molecule has 0 aliphatic heterocycles. The third kappa shape index (κ3) is 5.85. The lowest BCUT2D eigenvalue weighted by molar-refractivity contribution is 0.0450. The highest BCUT2D eigenvalue weighted by atomic mass is 35.5. The van der Waals surface area contributed by atoms with Crippen molar-refractivity contribution in [2.24, 2.45) is 5.73 Å². The molecule has 0 unspecified atom stereocenters. The van der Waals surface area contributed by atoms with E-state index in [4.69, 9.17) is 38.4 Å². The monoisotopic (exact) mass is 382 g/mol. The number of carbonyl (C=O) groups is 2. The van der Waals surface area contributed by atoms with Crippen LogP contribution in [0.3, 0.4) is 0 Å². The van der Waals surface area contributed by atoms with Gasteiger partial charge < -0.3 is 20.5 Å². The molecule has 3 N–H and O–H groups in total. The van der Waals surface area contributed by atoms with E-state index < -0.39 is 12.0 Å². The Labute approximate surface area is 154 Å². The lowest BCUT2D eigenvalue weighted by atomic mass is 10.1. The summed E-state index contributed by atoms with van der Waals surface area (Å²) in [6.07, 6.45) is 0. The molecule has 0 atom stereocenters. The van der Waals surface area contributed by atoms with Crippen molar-refractivity contribution in [3.8, 4) is 5.75 Å². The number of primary amides is 1. The predicted octanol–water partition coefficient (Wildman–Crippen LogP) is 3.40. The molecule has 0 fully saturated rings. The Morgan fingerprint density at radius 3 is 2.24 bits per heavy atom. The summed E-state index contributed by atoms with van der Waals surface area (Å²) in [7, 11) is 0. The molecule has 0 bridgehead atoms. The Balaban J connectivity index is 1.79. The van der Waals surface area contributed by atoms with Crippen LogP contribution in [-0.2, 0) is 11.3 Å². The molecule has 132 valence electrons. The van der Waals surface area contributed by atoms with Gasteiger partial charge >= 0.3 is 12.0 Å². The molecule has 0 spiro atoms. The molecule has 0 aliphatic rings. The molecular formula is C17H16Cl2N2O4. The molecule has 6 nitrogen and oxygen atoms in total. The zero-order chi connectivity index (χ0) is 18.2. The third-order valence-electron chi connectivity index (χ3n) is 3.14. The molecule has 0 heterocycles. The van der Waals surface area contributed by atoms with Crippen molar-refractivity contribution in [1.29, 1.82) is 0 Å². The minimum Gasteiger partial charge on any atom is -0.487 e. The molecule has 2 aromatic rings. The quantitative estimate of drug-likeness (QED) is 0.566. The van der Waals surface area contributed by atoms with E-state index >= 15 is 0 Å². The first-order chi connectivity index (χ1) is 12.0. The van der Waals surface area contributed by atoms with Crippen molar-refractivity contribution in [2.75, 3.05) is 13.2 Å². The van der Waals surface area contributed by atoms with E-state index in [1.54, 1.807) is 42.5 Å². The van der Waals surface area contributed by atoms with Gasteiger partial charge in [0.15, 0.2) is 5.75 Å². The van der Waals surface area contributed by atoms with Gasteiger partial charge in [-0.1, -0.05) is 41.4 Å². The summed E-state index contributed by atoms with van der Waals surface area (Å²) in [6.45, 7) is 0.457. The normalized spacial score (nSPS) is 10.2. The number of halogens is 2. The van der Waals surface area contributed by atoms with E-state index in [1.807, 2.05) is 0 Å². The molecule has 0 saturated carbocycles. The van der Waals surface area contributed by atoms with Crippen molar-refractivity contribution >= 4 is 35.2 Å². The second-order valence-corrected chi connectivity index (χ2v) is 5.76. The van der Waals surface area contributed by atoms with Crippen LogP contribution in [0.4, 0.5) is 4.79 Å². The minimum atomic E-state index is -0.609. The second-order valence-electron chi connectivity index (χ2n) is 4.95. The maximum absolute atomic E-state index is 11.9. The van der Waals surface area contributed by atoms with Gasteiger partial charge in [-0.25, -0.2) is 9.59 Å². The zero-order valence-electron chi connectivity index (χ0n) is 13.1. The van der Waals surface area contributed by atoms with Gasteiger partial charge in [0.1, 0.15) is 13.2 Å². The zero-order valence-corrected chi connectivity index (χ0v) is 14.6. The number of urea groups is 1. The second kappa shape index (κ2) is 9.15. The minimum absolute atomic E-state index is 0.0470. The molecule has 2 rings (SSSR count). The molecule has 0 aromatic heterocycles. The van der Waals surface area contributed by atoms with Crippen LogP contribution in [0, 0.1) is 0 Å². The van der Waals surface area contributed by atoms with E-state index in [2.05, 4.69) is 5.32 Å². The van der Waals surface area contributed by atoms with Crippen LogP contribution < -0.4 is 15.8 Å². The van der Waals surface area contributed by atoms with Crippen molar-refractivity contribution in [3.05, 3.63) is 63.6 Å². The number of esters is 1. The Kier molecular flexibility index (Phi) is 6.91. The Bertz CT molecular complexity index is 731. The summed E-state index contributed by atoms with van der Waals surface area (Å²) in [4.78, 5) is 22.6. The number of rotatable bonds is 7. The number of hydrogen-bond acceptors (Lipinski definition) is 4. The Hall–Kier alpha value is -2.44. The fraction of sp³-hybridized carbons (Fsp3) is 0.176. The smallest absolute Gasteiger partial charge is 0.338 e. The molecule has 0 aliphatic carbocycles. The van der Waals surface area contributed by atoms with Crippen LogP contribution >= 0.6 is 23.2 Å². The van der Waals surface area contributed by atoms with Gasteiger partial charge in [0.25, 0.3) is 0 Å². The number of amides is 2. The summed E-state index contributed by atoms with van der Waals surface area (Å²) in [5, 5.41) is 3.24. The van der Waals surface area contributed by atoms with E-state index in [-0.39, 0.29) is 19.8 Å². The Morgan fingerprint density at radius 1 is 1.00 bits per heavy atom. The van der Waals surface area contributed by atoms with E-state index in [0.717, 1.165) is 5.56 Å². The summed E-state index contributed by atoms with van der Waals surface area (Å²) >= 11 is 12.0. The van der Waals surface area contributed by atoms with Crippen LogP contribution in [0.5, 0.6) is 5.75 Å². The third-order valence-corrected chi connectivity index (χ3v) is 3.73. The molecule has 0 saturated heterocycles. The average molecular weight is 383 g/mol. The largest absolute Gasteiger partial charge is 0.487 e. The molecule has 25 heavy (non-hydrogen) atoms. The predicted molar refractivity (Wildman–Crippen MR) is 95.1 cm³/mol. The maximum Gasteiger partial charge on any atom is 0.338 e. The summed E-state index contributed by atoms with van der Waals surface area (Å²) in [5.74, 6) is -0.128. The van der Waals surface area contributed by atoms with Crippen LogP contribution in [-0.4, -0.2) is 25.2 Å². The van der Waals surface area contributed by atoms with E-state index in [0.29, 0.717) is 21.4 Å². The van der Waals surface area contributed by atoms with Crippen molar-refractivity contribution < 1.29 is 19.1 Å². The molecule has 2 aromatic carbocycles. The van der Waals surface area contributed by atoms with Crippen LogP contribution in [0.1, 0.15) is 15.9 Å². The molecule has 8 heteroatoms. The van der Waals surface area contributed by atoms with Gasteiger partial charge in [-0.3, -0.25) is 0 Å². The van der Waals surface area contributed by atoms with Gasteiger partial charge in [0.2, 0.25) is 0 Å². The summed E-state index contributed by atoms with van der Waals surface area (Å²) < 4.78 is 10.6. The highest BCUT2D eigenvalue weighted by Gasteiger charge is 2.09. The summed E-state index contributed by atoms with van der Waals surface area (Å²) in [5.41, 5.74) is 6.19. The average Bonchev–Trinajstić information content (AvgIpc) is 2.59. The molecule has 0 radical (unpaired) electrons. The first-order valence-corrected chi connectivity index (χ1v) is 8.09. The highest BCUT2D eigenvalue weighted by Crippen LogP contribution is 2.32. The number of nitrogens with one attached hydrogen (secondary N) is 1. The molecule has 2 amide bonds. The van der Waals surface area contributed by atoms with Crippen molar-refractivity contribution in [1.82, 2.24) is 5.32 Å². The fourth-order valence-corrected chi connectivity index (χ4v) is 2.44.